The first-order chi connectivity index (χ1) is 9.99. The second-order valence-corrected chi connectivity index (χ2v) is 5.84. The predicted octanol–water partition coefficient (Wildman–Crippen LogP) is 1.30. The molecule has 0 aromatic heterocycles. The quantitative estimate of drug-likeness (QED) is 0.822. The maximum Gasteiger partial charge on any atom is 0.307 e. The van der Waals surface area contributed by atoms with Crippen molar-refractivity contribution in [1.29, 1.82) is 0 Å². The van der Waals surface area contributed by atoms with Gasteiger partial charge in [0.05, 0.1) is 11.8 Å². The fourth-order valence-corrected chi connectivity index (χ4v) is 2.37. The molecule has 1 aromatic rings. The highest BCUT2D eigenvalue weighted by Crippen LogP contribution is 2.40. The summed E-state index contributed by atoms with van der Waals surface area (Å²) < 4.78 is 0. The Morgan fingerprint density at radius 3 is 2.33 bits per heavy atom. The maximum absolute atomic E-state index is 12.5. The first-order valence-electron chi connectivity index (χ1n) is 7.19. The van der Waals surface area contributed by atoms with Crippen molar-refractivity contribution >= 4 is 11.9 Å². The van der Waals surface area contributed by atoms with Gasteiger partial charge in [0.15, 0.2) is 0 Å². The van der Waals surface area contributed by atoms with E-state index >= 15 is 0 Å². The van der Waals surface area contributed by atoms with Gasteiger partial charge in [-0.2, -0.15) is 0 Å². The summed E-state index contributed by atoms with van der Waals surface area (Å²) >= 11 is 0. The molecule has 1 aromatic carbocycles. The van der Waals surface area contributed by atoms with E-state index in [-0.39, 0.29) is 11.8 Å². The summed E-state index contributed by atoms with van der Waals surface area (Å²) in [5.74, 6) is -1.72. The van der Waals surface area contributed by atoms with E-state index in [0.29, 0.717) is 19.5 Å². The Bertz CT molecular complexity index is 502. The van der Waals surface area contributed by atoms with Crippen LogP contribution >= 0.6 is 0 Å². The molecule has 0 radical (unpaired) electrons. The van der Waals surface area contributed by atoms with Crippen molar-refractivity contribution in [2.24, 2.45) is 11.8 Å². The lowest BCUT2D eigenvalue weighted by Crippen LogP contribution is -2.37. The minimum Gasteiger partial charge on any atom is -0.481 e. The number of rotatable bonds is 7. The molecule has 114 valence electrons. The molecule has 1 aliphatic carbocycles. The van der Waals surface area contributed by atoms with E-state index < -0.39 is 11.9 Å². The van der Waals surface area contributed by atoms with Gasteiger partial charge in [0.2, 0.25) is 5.91 Å². The van der Waals surface area contributed by atoms with Gasteiger partial charge >= 0.3 is 5.97 Å². The van der Waals surface area contributed by atoms with E-state index in [0.717, 1.165) is 12.1 Å². The van der Waals surface area contributed by atoms with Gasteiger partial charge in [0.1, 0.15) is 0 Å². The van der Waals surface area contributed by atoms with E-state index in [1.807, 2.05) is 49.3 Å². The highest BCUT2D eigenvalue weighted by Gasteiger charge is 2.49. The van der Waals surface area contributed by atoms with Gasteiger partial charge in [-0.3, -0.25) is 9.59 Å². The van der Waals surface area contributed by atoms with Crippen LogP contribution in [0.25, 0.3) is 0 Å². The van der Waals surface area contributed by atoms with Gasteiger partial charge in [0, 0.05) is 19.6 Å². The number of likely N-dealkylation sites (N-methyl/N-ethyl adjacent to an activating group) is 1. The Kier molecular flexibility index (Phi) is 4.96. The van der Waals surface area contributed by atoms with E-state index in [2.05, 4.69) is 0 Å². The zero-order valence-corrected chi connectivity index (χ0v) is 12.5. The third kappa shape index (κ3) is 4.29. The van der Waals surface area contributed by atoms with Crippen LogP contribution in [0.2, 0.25) is 0 Å². The minimum atomic E-state index is -0.861. The van der Waals surface area contributed by atoms with Crippen LogP contribution in [-0.4, -0.2) is 54.0 Å². The van der Waals surface area contributed by atoms with E-state index in [4.69, 9.17) is 5.11 Å². The molecule has 0 spiro atoms. The van der Waals surface area contributed by atoms with Crippen LogP contribution in [0.4, 0.5) is 0 Å². The van der Waals surface area contributed by atoms with Gasteiger partial charge in [0.25, 0.3) is 0 Å². The highest BCUT2D eigenvalue weighted by atomic mass is 16.4. The third-order valence-corrected chi connectivity index (χ3v) is 3.77. The van der Waals surface area contributed by atoms with E-state index in [1.165, 1.54) is 0 Å². The average Bonchev–Trinajstić information content (AvgIpc) is 3.24. The molecule has 1 amide bonds. The number of amides is 1. The van der Waals surface area contributed by atoms with Gasteiger partial charge in [-0.05, 0) is 26.1 Å². The molecule has 0 heterocycles. The smallest absolute Gasteiger partial charge is 0.307 e. The Morgan fingerprint density at radius 2 is 1.81 bits per heavy atom. The van der Waals surface area contributed by atoms with E-state index in [9.17, 15) is 9.59 Å². The first-order valence-corrected chi connectivity index (χ1v) is 7.19. The summed E-state index contributed by atoms with van der Waals surface area (Å²) in [4.78, 5) is 27.2. The molecular weight excluding hydrogens is 268 g/mol. The zero-order chi connectivity index (χ0) is 15.4. The molecule has 5 heteroatoms. The fraction of sp³-hybridized carbons (Fsp3) is 0.500. The summed E-state index contributed by atoms with van der Waals surface area (Å²) in [7, 11) is 3.92. The predicted molar refractivity (Wildman–Crippen MR) is 79.6 cm³/mol. The molecule has 0 saturated heterocycles. The Morgan fingerprint density at radius 1 is 1.14 bits per heavy atom. The Balaban J connectivity index is 2.01. The van der Waals surface area contributed by atoms with Crippen LogP contribution in [-0.2, 0) is 16.1 Å². The number of hydrogen-bond acceptors (Lipinski definition) is 3. The van der Waals surface area contributed by atoms with Crippen molar-refractivity contribution in [2.75, 3.05) is 27.2 Å². The largest absolute Gasteiger partial charge is 0.481 e. The van der Waals surface area contributed by atoms with Crippen LogP contribution in [0, 0.1) is 11.8 Å². The average molecular weight is 290 g/mol. The molecule has 1 aliphatic rings. The SMILES string of the molecule is CN(C)CCN(Cc1ccccc1)C(=O)C1CC1C(=O)O. The molecule has 2 atom stereocenters. The van der Waals surface area contributed by atoms with Gasteiger partial charge < -0.3 is 14.9 Å². The molecule has 5 nitrogen and oxygen atoms in total. The lowest BCUT2D eigenvalue weighted by molar-refractivity contribution is -0.142. The number of benzene rings is 1. The molecule has 0 aliphatic heterocycles. The number of aliphatic carboxylic acids is 1. The molecule has 1 saturated carbocycles. The number of carboxylic acids is 1. The molecule has 0 bridgehead atoms. The molecule has 1 fully saturated rings. The number of carbonyl (C=O) groups is 2. The first kappa shape index (κ1) is 15.5. The van der Waals surface area contributed by atoms with Gasteiger partial charge in [-0.25, -0.2) is 0 Å². The second-order valence-electron chi connectivity index (χ2n) is 5.84. The van der Waals surface area contributed by atoms with Crippen molar-refractivity contribution in [2.45, 2.75) is 13.0 Å². The Labute approximate surface area is 125 Å². The number of carbonyl (C=O) groups excluding carboxylic acids is 1. The summed E-state index contributed by atoms with van der Waals surface area (Å²) in [6.07, 6.45) is 0.474. The topological polar surface area (TPSA) is 60.9 Å². The lowest BCUT2D eigenvalue weighted by Gasteiger charge is -2.24. The fourth-order valence-electron chi connectivity index (χ4n) is 2.37. The van der Waals surface area contributed by atoms with Crippen LogP contribution in [0.5, 0.6) is 0 Å². The number of hydrogen-bond donors (Lipinski definition) is 1. The van der Waals surface area contributed by atoms with Gasteiger partial charge in [-0.1, -0.05) is 30.3 Å². The molecule has 2 unspecified atom stereocenters. The normalized spacial score (nSPS) is 20.3. The standard InChI is InChI=1S/C16H22N2O3/c1-17(2)8-9-18(11-12-6-4-3-5-7-12)15(19)13-10-14(13)16(20)21/h3-7,13-14H,8-11H2,1-2H3,(H,20,21). The maximum atomic E-state index is 12.5. The van der Waals surface area contributed by atoms with Gasteiger partial charge in [-0.15, -0.1) is 0 Å². The van der Waals surface area contributed by atoms with Crippen molar-refractivity contribution in [3.63, 3.8) is 0 Å². The van der Waals surface area contributed by atoms with Crippen LogP contribution in [0.1, 0.15) is 12.0 Å². The van der Waals surface area contributed by atoms with Crippen LogP contribution < -0.4 is 0 Å². The van der Waals surface area contributed by atoms with Crippen molar-refractivity contribution in [3.05, 3.63) is 35.9 Å². The summed E-state index contributed by atoms with van der Waals surface area (Å²) in [5, 5.41) is 8.98. The van der Waals surface area contributed by atoms with Crippen LogP contribution in [0.3, 0.4) is 0 Å². The third-order valence-electron chi connectivity index (χ3n) is 3.77. The molecule has 2 rings (SSSR count). The number of nitrogens with zero attached hydrogens (tertiary/aromatic N) is 2. The number of carboxylic acid groups (broad SMARTS) is 1. The Hall–Kier alpha value is -1.88. The molecule has 21 heavy (non-hydrogen) atoms. The monoisotopic (exact) mass is 290 g/mol. The summed E-state index contributed by atoms with van der Waals surface area (Å²) in [6.45, 7) is 1.92. The summed E-state index contributed by atoms with van der Waals surface area (Å²) in [5.41, 5.74) is 1.07. The molecular formula is C16H22N2O3. The highest BCUT2D eigenvalue weighted by molar-refractivity contribution is 5.89. The molecule has 1 N–H and O–H groups in total. The van der Waals surface area contributed by atoms with Crippen molar-refractivity contribution < 1.29 is 14.7 Å². The van der Waals surface area contributed by atoms with E-state index in [1.54, 1.807) is 4.90 Å². The zero-order valence-electron chi connectivity index (χ0n) is 12.5. The van der Waals surface area contributed by atoms with Crippen LogP contribution in [0.15, 0.2) is 30.3 Å². The second kappa shape index (κ2) is 6.72. The van der Waals surface area contributed by atoms with Crippen molar-refractivity contribution in [1.82, 2.24) is 9.80 Å². The summed E-state index contributed by atoms with van der Waals surface area (Å²) in [6, 6.07) is 9.80. The minimum absolute atomic E-state index is 0.0342. The van der Waals surface area contributed by atoms with Crippen molar-refractivity contribution in [3.8, 4) is 0 Å². The lowest BCUT2D eigenvalue weighted by atomic mass is 10.2.